The van der Waals surface area contributed by atoms with Crippen molar-refractivity contribution in [2.75, 3.05) is 0 Å². The molecular formula is C17H33N2O2Si+. The topological polar surface area (TPSA) is 35.1 Å². The van der Waals surface area contributed by atoms with E-state index in [9.17, 15) is 4.79 Å². The highest BCUT2D eigenvalue weighted by molar-refractivity contribution is 6.71. The van der Waals surface area contributed by atoms with Gasteiger partial charge in [-0.1, -0.05) is 0 Å². The lowest BCUT2D eigenvalue weighted by atomic mass is 10.1. The fourth-order valence-electron chi connectivity index (χ4n) is 2.89. The molecule has 0 bridgehead atoms. The van der Waals surface area contributed by atoms with Crippen LogP contribution in [0.4, 0.5) is 0 Å². The lowest BCUT2D eigenvalue weighted by Gasteiger charge is -2.23. The summed E-state index contributed by atoms with van der Waals surface area (Å²) in [6, 6.07) is 0. The van der Waals surface area contributed by atoms with E-state index in [4.69, 9.17) is 4.43 Å². The van der Waals surface area contributed by atoms with Crippen LogP contribution in [0.25, 0.3) is 0 Å². The van der Waals surface area contributed by atoms with Gasteiger partial charge in [0.15, 0.2) is 0 Å². The fourth-order valence-corrected chi connectivity index (χ4v) is 3.54. The SMILES string of the molecule is Cc1c(C)[n+](C(C)(C)C)c(C(=O)O[Si](C)(C)C)n1C(C)(C)C. The van der Waals surface area contributed by atoms with Crippen LogP contribution >= 0.6 is 0 Å². The van der Waals surface area contributed by atoms with Gasteiger partial charge >= 0.3 is 11.8 Å². The number of aromatic nitrogens is 2. The summed E-state index contributed by atoms with van der Waals surface area (Å²) < 4.78 is 10.1. The molecule has 0 spiro atoms. The number of rotatable bonds is 2. The molecule has 126 valence electrons. The average Bonchev–Trinajstić information content (AvgIpc) is 2.47. The molecule has 0 amide bonds. The van der Waals surface area contributed by atoms with Gasteiger partial charge in [-0.15, -0.1) is 0 Å². The molecule has 0 atom stereocenters. The van der Waals surface area contributed by atoms with Gasteiger partial charge in [-0.3, -0.25) is 0 Å². The van der Waals surface area contributed by atoms with E-state index in [0.29, 0.717) is 5.82 Å². The first kappa shape index (κ1) is 18.9. The van der Waals surface area contributed by atoms with E-state index in [2.05, 4.69) is 64.5 Å². The minimum Gasteiger partial charge on any atom is -0.511 e. The number of carbonyl (C=O) groups is 1. The van der Waals surface area contributed by atoms with Crippen molar-refractivity contribution in [3.63, 3.8) is 0 Å². The summed E-state index contributed by atoms with van der Waals surface area (Å²) in [6.07, 6.45) is 0. The largest absolute Gasteiger partial charge is 0.511 e. The highest BCUT2D eigenvalue weighted by Crippen LogP contribution is 2.25. The van der Waals surface area contributed by atoms with Crippen LogP contribution in [0, 0.1) is 13.8 Å². The Hall–Kier alpha value is -1.10. The van der Waals surface area contributed by atoms with Gasteiger partial charge in [-0.05, 0) is 61.2 Å². The molecule has 0 saturated carbocycles. The fraction of sp³-hybridized carbons (Fsp3) is 0.765. The van der Waals surface area contributed by atoms with Crippen LogP contribution in [-0.4, -0.2) is 18.9 Å². The monoisotopic (exact) mass is 325 g/mol. The quantitative estimate of drug-likeness (QED) is 0.611. The van der Waals surface area contributed by atoms with E-state index in [1.165, 1.54) is 0 Å². The molecule has 0 unspecified atom stereocenters. The molecule has 1 aromatic heterocycles. The summed E-state index contributed by atoms with van der Waals surface area (Å²) in [5, 5.41) is 0. The molecule has 0 radical (unpaired) electrons. The average molecular weight is 326 g/mol. The van der Waals surface area contributed by atoms with Gasteiger partial charge in [0.25, 0.3) is 0 Å². The Labute approximate surface area is 136 Å². The number of hydrogen-bond acceptors (Lipinski definition) is 2. The summed E-state index contributed by atoms with van der Waals surface area (Å²) >= 11 is 0. The van der Waals surface area contributed by atoms with Crippen LogP contribution in [0.3, 0.4) is 0 Å². The first-order chi connectivity index (χ1) is 9.57. The van der Waals surface area contributed by atoms with E-state index < -0.39 is 8.32 Å². The summed E-state index contributed by atoms with van der Waals surface area (Å²) in [4.78, 5) is 12.9. The zero-order valence-corrected chi connectivity index (χ0v) is 17.2. The summed E-state index contributed by atoms with van der Waals surface area (Å²) in [7, 11) is -1.95. The van der Waals surface area contributed by atoms with Crippen LogP contribution in [0.15, 0.2) is 0 Å². The van der Waals surface area contributed by atoms with Gasteiger partial charge in [0.05, 0.1) is 0 Å². The Morgan fingerprint density at radius 1 is 1.05 bits per heavy atom. The number of carbonyl (C=O) groups excluding carboxylic acids is 1. The van der Waals surface area contributed by atoms with E-state index in [1.807, 2.05) is 19.6 Å². The first-order valence-electron chi connectivity index (χ1n) is 7.95. The second-order valence-electron chi connectivity index (χ2n) is 9.01. The molecule has 0 aliphatic heterocycles. The van der Waals surface area contributed by atoms with Gasteiger partial charge in [0.1, 0.15) is 22.5 Å². The van der Waals surface area contributed by atoms with Crippen molar-refractivity contribution in [2.24, 2.45) is 0 Å². The first-order valence-corrected chi connectivity index (χ1v) is 11.4. The third-order valence-corrected chi connectivity index (χ3v) is 4.34. The predicted molar refractivity (Wildman–Crippen MR) is 92.9 cm³/mol. The lowest BCUT2D eigenvalue weighted by molar-refractivity contribution is -0.760. The van der Waals surface area contributed by atoms with Gasteiger partial charge in [-0.25, -0.2) is 13.9 Å². The highest BCUT2D eigenvalue weighted by Gasteiger charge is 2.43. The van der Waals surface area contributed by atoms with Crippen molar-refractivity contribution in [2.45, 2.75) is 86.1 Å². The van der Waals surface area contributed by atoms with Gasteiger partial charge in [-0.2, -0.15) is 0 Å². The molecule has 1 rings (SSSR count). The third-order valence-electron chi connectivity index (χ3n) is 3.54. The molecular weight excluding hydrogens is 292 g/mol. The van der Waals surface area contributed by atoms with E-state index in [0.717, 1.165) is 11.4 Å². The third kappa shape index (κ3) is 3.80. The van der Waals surface area contributed by atoms with Crippen LogP contribution in [-0.2, 0) is 15.5 Å². The van der Waals surface area contributed by atoms with Crippen molar-refractivity contribution in [3.8, 4) is 0 Å². The van der Waals surface area contributed by atoms with Crippen LogP contribution < -0.4 is 4.57 Å². The molecule has 0 fully saturated rings. The molecule has 0 saturated heterocycles. The minimum absolute atomic E-state index is 0.181. The van der Waals surface area contributed by atoms with Gasteiger partial charge < -0.3 is 4.43 Å². The van der Waals surface area contributed by atoms with Crippen LogP contribution in [0.2, 0.25) is 19.6 Å². The predicted octanol–water partition coefficient (Wildman–Crippen LogP) is 3.89. The molecule has 22 heavy (non-hydrogen) atoms. The second-order valence-corrected chi connectivity index (χ2v) is 13.4. The zero-order chi connectivity index (χ0) is 17.7. The Bertz CT molecular complexity index is 544. The Morgan fingerprint density at radius 3 is 1.82 bits per heavy atom. The van der Waals surface area contributed by atoms with Crippen LogP contribution in [0.1, 0.15) is 63.5 Å². The molecule has 1 aromatic rings. The Morgan fingerprint density at radius 2 is 1.50 bits per heavy atom. The van der Waals surface area contributed by atoms with Crippen molar-refractivity contribution in [1.29, 1.82) is 0 Å². The summed E-state index contributed by atoms with van der Waals surface area (Å²) in [6.45, 7) is 23.0. The number of imidazole rings is 1. The molecule has 1 heterocycles. The Balaban J connectivity index is 3.72. The standard InChI is InChI=1S/C17H33N2O2Si/c1-12-13(2)19(17(6,7)8)14(18(12)16(3,4)5)15(20)21-22(9,10)11/h1-11H3/q+1. The molecule has 0 aromatic carbocycles. The molecule has 4 nitrogen and oxygen atoms in total. The van der Waals surface area contributed by atoms with Crippen molar-refractivity contribution in [3.05, 3.63) is 17.2 Å². The lowest BCUT2D eigenvalue weighted by Crippen LogP contribution is -2.56. The van der Waals surface area contributed by atoms with Crippen LogP contribution in [0.5, 0.6) is 0 Å². The summed E-state index contributed by atoms with van der Waals surface area (Å²) in [5.74, 6) is 0.442. The molecule has 5 heteroatoms. The number of hydrogen-bond donors (Lipinski definition) is 0. The van der Waals surface area contributed by atoms with E-state index >= 15 is 0 Å². The van der Waals surface area contributed by atoms with Crippen molar-refractivity contribution >= 4 is 14.3 Å². The van der Waals surface area contributed by atoms with Crippen molar-refractivity contribution in [1.82, 2.24) is 4.57 Å². The highest BCUT2D eigenvalue weighted by atomic mass is 28.4. The molecule has 0 N–H and O–H groups in total. The molecule has 0 aliphatic carbocycles. The van der Waals surface area contributed by atoms with E-state index in [1.54, 1.807) is 0 Å². The smallest absolute Gasteiger partial charge is 0.408 e. The normalized spacial score (nSPS) is 13.4. The van der Waals surface area contributed by atoms with Gasteiger partial charge in [0.2, 0.25) is 8.32 Å². The maximum atomic E-state index is 12.9. The second kappa shape index (κ2) is 5.51. The summed E-state index contributed by atoms with van der Waals surface area (Å²) in [5.41, 5.74) is 1.87. The zero-order valence-electron chi connectivity index (χ0n) is 16.2. The van der Waals surface area contributed by atoms with Gasteiger partial charge in [0, 0.05) is 13.8 Å². The maximum absolute atomic E-state index is 12.9. The van der Waals surface area contributed by atoms with E-state index in [-0.39, 0.29) is 17.0 Å². The van der Waals surface area contributed by atoms with Crippen molar-refractivity contribution < 1.29 is 13.8 Å². The number of nitrogens with zero attached hydrogens (tertiary/aromatic N) is 2. The maximum Gasteiger partial charge on any atom is 0.408 e. The minimum atomic E-state index is -1.95. The molecule has 0 aliphatic rings. The Kier molecular flexibility index (Phi) is 4.75.